The lowest BCUT2D eigenvalue weighted by Gasteiger charge is -2.25. The molecule has 3 heterocycles. The molecule has 0 aromatic carbocycles. The number of carbonyl (C=O) groups excluding carboxylic acids is 1. The van der Waals surface area contributed by atoms with Crippen LogP contribution in [-0.2, 0) is 11.2 Å². The van der Waals surface area contributed by atoms with Crippen LogP contribution in [0.4, 0.5) is 4.39 Å². The fourth-order valence-corrected chi connectivity index (χ4v) is 2.78. The second-order valence-electron chi connectivity index (χ2n) is 5.16. The highest BCUT2D eigenvalue weighted by atomic mass is 19.1. The molecule has 110 valence electrons. The summed E-state index contributed by atoms with van der Waals surface area (Å²) in [4.78, 5) is 28.4. The summed E-state index contributed by atoms with van der Waals surface area (Å²) < 4.78 is 20.7. The van der Waals surface area contributed by atoms with Gasteiger partial charge in [-0.15, -0.1) is 0 Å². The summed E-state index contributed by atoms with van der Waals surface area (Å²) in [7, 11) is 0. The van der Waals surface area contributed by atoms with Crippen molar-refractivity contribution in [3.8, 4) is 0 Å². The SMILES string of the molecule is CCOC(=O)c1cn2c3c(ncc(F)c3c1=O)CCC2C. The quantitative estimate of drug-likeness (QED) is 0.796. The van der Waals surface area contributed by atoms with Crippen LogP contribution < -0.4 is 5.43 Å². The lowest BCUT2D eigenvalue weighted by molar-refractivity contribution is 0.0524. The van der Waals surface area contributed by atoms with Crippen LogP contribution in [0.15, 0.2) is 17.2 Å². The van der Waals surface area contributed by atoms with E-state index in [4.69, 9.17) is 4.74 Å². The summed E-state index contributed by atoms with van der Waals surface area (Å²) in [5, 5.41) is -0.0721. The molecule has 0 spiro atoms. The van der Waals surface area contributed by atoms with Crippen LogP contribution in [0, 0.1) is 5.82 Å². The third-order valence-corrected chi connectivity index (χ3v) is 3.85. The van der Waals surface area contributed by atoms with E-state index < -0.39 is 17.2 Å². The molecule has 0 saturated carbocycles. The summed E-state index contributed by atoms with van der Waals surface area (Å²) in [6.07, 6.45) is 4.04. The van der Waals surface area contributed by atoms with Gasteiger partial charge in [-0.3, -0.25) is 9.78 Å². The number of ether oxygens (including phenoxy) is 1. The molecular weight excluding hydrogens is 275 g/mol. The maximum absolute atomic E-state index is 14.1. The van der Waals surface area contributed by atoms with Crippen molar-refractivity contribution < 1.29 is 13.9 Å². The highest BCUT2D eigenvalue weighted by Crippen LogP contribution is 2.29. The van der Waals surface area contributed by atoms with Crippen molar-refractivity contribution in [1.29, 1.82) is 0 Å². The van der Waals surface area contributed by atoms with E-state index in [1.165, 1.54) is 6.20 Å². The van der Waals surface area contributed by atoms with Crippen LogP contribution in [0.3, 0.4) is 0 Å². The number of pyridine rings is 2. The second kappa shape index (κ2) is 4.95. The molecule has 0 radical (unpaired) electrons. The fraction of sp³-hybridized carbons (Fsp3) is 0.400. The molecule has 2 aromatic rings. The third-order valence-electron chi connectivity index (χ3n) is 3.85. The van der Waals surface area contributed by atoms with Gasteiger partial charge in [-0.2, -0.15) is 0 Å². The van der Waals surface area contributed by atoms with E-state index in [0.717, 1.165) is 12.6 Å². The van der Waals surface area contributed by atoms with Crippen molar-refractivity contribution in [1.82, 2.24) is 9.55 Å². The van der Waals surface area contributed by atoms with Crippen LogP contribution in [0.1, 0.15) is 42.4 Å². The van der Waals surface area contributed by atoms with Gasteiger partial charge in [-0.05, 0) is 26.7 Å². The number of esters is 1. The molecule has 21 heavy (non-hydrogen) atoms. The zero-order chi connectivity index (χ0) is 15.1. The van der Waals surface area contributed by atoms with E-state index in [1.807, 2.05) is 6.92 Å². The van der Waals surface area contributed by atoms with E-state index in [-0.39, 0.29) is 23.6 Å². The molecule has 0 amide bonds. The van der Waals surface area contributed by atoms with Crippen LogP contribution >= 0.6 is 0 Å². The Labute approximate surface area is 120 Å². The molecule has 0 bridgehead atoms. The van der Waals surface area contributed by atoms with E-state index in [9.17, 15) is 14.0 Å². The van der Waals surface area contributed by atoms with Crippen molar-refractivity contribution in [2.75, 3.05) is 6.61 Å². The Morgan fingerprint density at radius 1 is 1.57 bits per heavy atom. The van der Waals surface area contributed by atoms with Gasteiger partial charge in [0.25, 0.3) is 0 Å². The molecule has 5 nitrogen and oxygen atoms in total. The third kappa shape index (κ3) is 2.02. The lowest BCUT2D eigenvalue weighted by atomic mass is 10.00. The van der Waals surface area contributed by atoms with Crippen LogP contribution in [0.5, 0.6) is 0 Å². The molecule has 0 aliphatic carbocycles. The number of hydrogen-bond acceptors (Lipinski definition) is 4. The molecule has 6 heteroatoms. The van der Waals surface area contributed by atoms with Crippen molar-refractivity contribution in [3.63, 3.8) is 0 Å². The Hall–Kier alpha value is -2.24. The number of carbonyl (C=O) groups is 1. The predicted octanol–water partition coefficient (Wildman–Crippen LogP) is 2.22. The van der Waals surface area contributed by atoms with Gasteiger partial charge in [-0.1, -0.05) is 0 Å². The number of rotatable bonds is 2. The van der Waals surface area contributed by atoms with Crippen molar-refractivity contribution in [2.45, 2.75) is 32.7 Å². The first kappa shape index (κ1) is 13.7. The Morgan fingerprint density at radius 2 is 2.33 bits per heavy atom. The lowest BCUT2D eigenvalue weighted by Crippen LogP contribution is -2.26. The Kier molecular flexibility index (Phi) is 3.23. The van der Waals surface area contributed by atoms with E-state index in [0.29, 0.717) is 17.6 Å². The minimum atomic E-state index is -0.719. The Morgan fingerprint density at radius 3 is 3.05 bits per heavy atom. The molecule has 3 rings (SSSR count). The average Bonchev–Trinajstić information content (AvgIpc) is 2.46. The van der Waals surface area contributed by atoms with Gasteiger partial charge in [0.05, 0.1) is 29.4 Å². The zero-order valence-electron chi connectivity index (χ0n) is 11.9. The normalized spacial score (nSPS) is 17.0. The number of halogens is 1. The van der Waals surface area contributed by atoms with Crippen LogP contribution in [-0.4, -0.2) is 22.1 Å². The van der Waals surface area contributed by atoms with E-state index in [1.54, 1.807) is 11.5 Å². The van der Waals surface area contributed by atoms with Gasteiger partial charge in [0.15, 0.2) is 5.82 Å². The van der Waals surface area contributed by atoms with Gasteiger partial charge < -0.3 is 9.30 Å². The van der Waals surface area contributed by atoms with Gasteiger partial charge in [0.2, 0.25) is 5.43 Å². The molecular formula is C15H15FN2O3. The highest BCUT2D eigenvalue weighted by molar-refractivity contribution is 5.94. The summed E-state index contributed by atoms with van der Waals surface area (Å²) >= 11 is 0. The first-order valence-corrected chi connectivity index (χ1v) is 6.94. The minimum Gasteiger partial charge on any atom is -0.462 e. The molecule has 1 atom stereocenters. The van der Waals surface area contributed by atoms with Crippen molar-refractivity contribution >= 4 is 16.9 Å². The highest BCUT2D eigenvalue weighted by Gasteiger charge is 2.25. The number of hydrogen-bond donors (Lipinski definition) is 0. The minimum absolute atomic E-state index is 0.0670. The molecule has 1 aliphatic heterocycles. The number of nitrogens with zero attached hydrogens (tertiary/aromatic N) is 2. The second-order valence-corrected chi connectivity index (χ2v) is 5.16. The Bertz CT molecular complexity index is 798. The van der Waals surface area contributed by atoms with Gasteiger partial charge in [0, 0.05) is 12.2 Å². The zero-order valence-corrected chi connectivity index (χ0v) is 11.9. The van der Waals surface area contributed by atoms with Crippen molar-refractivity contribution in [3.05, 3.63) is 39.7 Å². The average molecular weight is 290 g/mol. The standard InChI is InChI=1S/C15H15FN2O3/c1-3-21-15(20)9-7-18-8(2)4-5-11-13(18)12(14(9)19)10(16)6-17-11/h6-8H,3-5H2,1-2H3. The molecule has 2 aromatic heterocycles. The largest absolute Gasteiger partial charge is 0.462 e. The van der Waals surface area contributed by atoms with Gasteiger partial charge in [-0.25, -0.2) is 9.18 Å². The van der Waals surface area contributed by atoms with Crippen LogP contribution in [0.2, 0.25) is 0 Å². The van der Waals surface area contributed by atoms with E-state index in [2.05, 4.69) is 4.98 Å². The maximum Gasteiger partial charge on any atom is 0.343 e. The monoisotopic (exact) mass is 290 g/mol. The van der Waals surface area contributed by atoms with Crippen LogP contribution in [0.25, 0.3) is 10.9 Å². The molecule has 1 unspecified atom stereocenters. The first-order valence-electron chi connectivity index (χ1n) is 6.94. The smallest absolute Gasteiger partial charge is 0.343 e. The molecule has 1 aliphatic rings. The summed E-state index contributed by atoms with van der Waals surface area (Å²) in [5.74, 6) is -1.42. The topological polar surface area (TPSA) is 61.2 Å². The molecule has 0 N–H and O–H groups in total. The fourth-order valence-electron chi connectivity index (χ4n) is 2.78. The number of aromatic nitrogens is 2. The summed E-state index contributed by atoms with van der Waals surface area (Å²) in [6, 6.07) is 0.0670. The van der Waals surface area contributed by atoms with Crippen molar-refractivity contribution in [2.24, 2.45) is 0 Å². The predicted molar refractivity (Wildman–Crippen MR) is 74.9 cm³/mol. The number of aryl methyl sites for hydroxylation is 1. The maximum atomic E-state index is 14.1. The van der Waals surface area contributed by atoms with Gasteiger partial charge in [0.1, 0.15) is 5.56 Å². The summed E-state index contributed by atoms with van der Waals surface area (Å²) in [6.45, 7) is 3.79. The first-order chi connectivity index (χ1) is 10.0. The Balaban J connectivity index is 2.40. The van der Waals surface area contributed by atoms with Gasteiger partial charge >= 0.3 is 5.97 Å². The van der Waals surface area contributed by atoms with E-state index >= 15 is 0 Å². The molecule has 0 fully saturated rings. The summed E-state index contributed by atoms with van der Waals surface area (Å²) in [5.41, 5.74) is 0.424. The molecule has 0 saturated heterocycles.